The van der Waals surface area contributed by atoms with Crippen molar-refractivity contribution in [2.24, 2.45) is 15.9 Å². The standard InChI is InChI=1S/C27H38N6O2S/c1-5-20-14-18(2)6-9-23(34)19(3)15-24(20)36-17-31-26-22(29-11-12-30-27(26)28)16-33(4)13-10-25(35)32-21-7-8-21/h12,14-15,17,19,21,28-29H,2,5-11,13,16H2,1,3-4H3,(H,32,35)/b20-14-,24-15+,28-27?,31-17?. The molecule has 0 aromatic carbocycles. The van der Waals surface area contributed by atoms with Gasteiger partial charge in [0.1, 0.15) is 11.5 Å². The second kappa shape index (κ2) is 13.5. The Kier molecular flexibility index (Phi) is 10.4. The lowest BCUT2D eigenvalue weighted by Gasteiger charge is -2.20. The van der Waals surface area contributed by atoms with Gasteiger partial charge in [0.05, 0.1) is 17.8 Å². The first-order chi connectivity index (χ1) is 17.3. The first kappa shape index (κ1) is 27.8. The second-order valence-corrected chi connectivity index (χ2v) is 10.4. The molecule has 1 unspecified atom stereocenters. The highest BCUT2D eigenvalue weighted by Crippen LogP contribution is 2.30. The van der Waals surface area contributed by atoms with Crippen molar-refractivity contribution in [3.05, 3.63) is 46.2 Å². The number of nitrogens with zero attached hydrogens (tertiary/aromatic N) is 3. The summed E-state index contributed by atoms with van der Waals surface area (Å²) in [6.07, 6.45) is 10.4. The molecule has 1 heterocycles. The molecule has 3 aliphatic rings. The molecule has 3 rings (SSSR count). The fourth-order valence-corrected chi connectivity index (χ4v) is 4.80. The minimum atomic E-state index is -0.176. The predicted octanol–water partition coefficient (Wildman–Crippen LogP) is 3.99. The molecule has 36 heavy (non-hydrogen) atoms. The molecule has 0 radical (unpaired) electrons. The molecule has 8 nitrogen and oxygen atoms in total. The van der Waals surface area contributed by atoms with Crippen LogP contribution in [0.3, 0.4) is 0 Å². The van der Waals surface area contributed by atoms with Crippen LogP contribution in [-0.2, 0) is 9.59 Å². The average Bonchev–Trinajstić information content (AvgIpc) is 3.67. The molecule has 0 spiro atoms. The maximum Gasteiger partial charge on any atom is 0.221 e. The van der Waals surface area contributed by atoms with Gasteiger partial charge in [0, 0.05) is 49.0 Å². The Hall–Kier alpha value is -2.78. The third-order valence-electron chi connectivity index (χ3n) is 6.27. The first-order valence-electron chi connectivity index (χ1n) is 12.7. The van der Waals surface area contributed by atoms with Crippen LogP contribution in [0.1, 0.15) is 52.4 Å². The molecule has 0 bridgehead atoms. The first-order valence-corrected chi connectivity index (χ1v) is 13.5. The lowest BCUT2D eigenvalue weighted by molar-refractivity contribution is -0.122. The summed E-state index contributed by atoms with van der Waals surface area (Å²) in [5.41, 5.74) is 5.09. The number of amides is 1. The summed E-state index contributed by atoms with van der Waals surface area (Å²) < 4.78 is 0. The van der Waals surface area contributed by atoms with Gasteiger partial charge in [0.25, 0.3) is 0 Å². The zero-order chi connectivity index (χ0) is 26.1. The minimum absolute atomic E-state index is 0.0799. The number of carbonyl (C=O) groups excluding carboxylic acids is 2. The summed E-state index contributed by atoms with van der Waals surface area (Å²) in [4.78, 5) is 36.4. The van der Waals surface area contributed by atoms with Crippen LogP contribution in [0, 0.1) is 11.3 Å². The van der Waals surface area contributed by atoms with Gasteiger partial charge < -0.3 is 15.5 Å². The highest BCUT2D eigenvalue weighted by Gasteiger charge is 2.23. The van der Waals surface area contributed by atoms with Gasteiger partial charge in [0.2, 0.25) is 5.91 Å². The van der Waals surface area contributed by atoms with Gasteiger partial charge in [-0.3, -0.25) is 15.0 Å². The van der Waals surface area contributed by atoms with E-state index in [1.165, 1.54) is 11.8 Å². The highest BCUT2D eigenvalue weighted by molar-refractivity contribution is 8.15. The van der Waals surface area contributed by atoms with E-state index in [9.17, 15) is 9.59 Å². The SMILES string of the molecule is C=C1/C=C(CC)\C(SC=NC2=C(CN(C)CCC(=O)NC3CC3)NCC=NC2=N)=C/C(C)C(=O)CC1. The molecule has 9 heteroatoms. The molecule has 1 saturated carbocycles. The number of amidine groups is 1. The van der Waals surface area contributed by atoms with Crippen molar-refractivity contribution in [1.82, 2.24) is 15.5 Å². The number of likely N-dealkylation sites (N-methyl/N-ethyl adjacent to an activating group) is 1. The lowest BCUT2D eigenvalue weighted by Crippen LogP contribution is -2.33. The predicted molar refractivity (Wildman–Crippen MR) is 150 cm³/mol. The minimum Gasteiger partial charge on any atom is -0.380 e. The normalized spacial score (nSPS) is 24.4. The van der Waals surface area contributed by atoms with Gasteiger partial charge in [-0.25, -0.2) is 9.98 Å². The van der Waals surface area contributed by atoms with Gasteiger partial charge in [-0.05, 0) is 38.3 Å². The zero-order valence-electron chi connectivity index (χ0n) is 21.6. The summed E-state index contributed by atoms with van der Waals surface area (Å²) in [7, 11) is 1.95. The molecule has 0 aromatic heterocycles. The Morgan fingerprint density at radius 2 is 2.19 bits per heavy atom. The Bertz CT molecular complexity index is 1030. The summed E-state index contributed by atoms with van der Waals surface area (Å²) in [5.74, 6) is 0.208. The van der Waals surface area contributed by atoms with Crippen LogP contribution in [0.4, 0.5) is 0 Å². The van der Waals surface area contributed by atoms with Crippen LogP contribution in [0.15, 0.2) is 56.2 Å². The number of ketones is 1. The van der Waals surface area contributed by atoms with Crippen molar-refractivity contribution >= 4 is 41.0 Å². The maximum atomic E-state index is 12.5. The Labute approximate surface area is 218 Å². The van der Waals surface area contributed by atoms with Crippen LogP contribution in [0.2, 0.25) is 0 Å². The van der Waals surface area contributed by atoms with Crippen molar-refractivity contribution < 1.29 is 9.59 Å². The van der Waals surface area contributed by atoms with E-state index in [0.717, 1.165) is 41.0 Å². The van der Waals surface area contributed by atoms with E-state index >= 15 is 0 Å². The molecule has 1 fully saturated rings. The van der Waals surface area contributed by atoms with Crippen molar-refractivity contribution in [2.45, 2.75) is 58.4 Å². The van der Waals surface area contributed by atoms with Gasteiger partial charge in [0.15, 0.2) is 5.84 Å². The van der Waals surface area contributed by atoms with E-state index in [0.29, 0.717) is 50.6 Å². The van der Waals surface area contributed by atoms with E-state index in [2.05, 4.69) is 40.2 Å². The molecular weight excluding hydrogens is 472 g/mol. The van der Waals surface area contributed by atoms with Crippen LogP contribution in [0.5, 0.6) is 0 Å². The molecule has 1 atom stereocenters. The molecule has 2 aliphatic carbocycles. The van der Waals surface area contributed by atoms with E-state index in [-0.39, 0.29) is 23.4 Å². The van der Waals surface area contributed by atoms with Crippen LogP contribution in [0.25, 0.3) is 0 Å². The lowest BCUT2D eigenvalue weighted by atomic mass is 10.0. The van der Waals surface area contributed by atoms with Crippen molar-refractivity contribution in [3.8, 4) is 0 Å². The molecule has 0 saturated heterocycles. The number of aliphatic imine (C=N–C) groups is 2. The number of hydrogen-bond acceptors (Lipinski definition) is 7. The van der Waals surface area contributed by atoms with E-state index in [1.54, 1.807) is 11.8 Å². The van der Waals surface area contributed by atoms with Gasteiger partial charge in [-0.1, -0.05) is 49.9 Å². The average molecular weight is 511 g/mol. The Morgan fingerprint density at radius 1 is 1.42 bits per heavy atom. The molecule has 1 amide bonds. The molecular formula is C27H38N6O2S. The molecule has 0 aromatic rings. The molecule has 3 N–H and O–H groups in total. The summed E-state index contributed by atoms with van der Waals surface area (Å²) in [6.45, 7) is 9.78. The quantitative estimate of drug-likeness (QED) is 0.304. The van der Waals surface area contributed by atoms with Gasteiger partial charge in [-0.2, -0.15) is 0 Å². The second-order valence-electron chi connectivity index (χ2n) is 9.52. The fraction of sp³-hybridized carbons (Fsp3) is 0.519. The van der Waals surface area contributed by atoms with Crippen molar-refractivity contribution in [1.29, 1.82) is 5.41 Å². The summed E-state index contributed by atoms with van der Waals surface area (Å²) >= 11 is 1.45. The van der Waals surface area contributed by atoms with Crippen LogP contribution in [-0.4, -0.2) is 66.9 Å². The number of allylic oxidation sites excluding steroid dienone is 4. The number of Topliss-reactive ketones (excluding diaryl/α,β-unsaturated/α-hetero) is 1. The number of nitrogens with one attached hydrogen (secondary N) is 3. The van der Waals surface area contributed by atoms with Crippen LogP contribution < -0.4 is 10.6 Å². The van der Waals surface area contributed by atoms with Gasteiger partial charge >= 0.3 is 0 Å². The van der Waals surface area contributed by atoms with E-state index in [4.69, 9.17) is 5.41 Å². The maximum absolute atomic E-state index is 12.5. The molecule has 194 valence electrons. The van der Waals surface area contributed by atoms with Gasteiger partial charge in [-0.15, -0.1) is 0 Å². The Morgan fingerprint density at radius 3 is 2.92 bits per heavy atom. The summed E-state index contributed by atoms with van der Waals surface area (Å²) in [6, 6.07) is 0.365. The van der Waals surface area contributed by atoms with Crippen LogP contribution >= 0.6 is 11.8 Å². The fourth-order valence-electron chi connectivity index (χ4n) is 3.89. The Balaban J connectivity index is 1.74. The van der Waals surface area contributed by atoms with E-state index < -0.39 is 0 Å². The smallest absolute Gasteiger partial charge is 0.221 e. The topological polar surface area (TPSA) is 110 Å². The number of thioether (sulfide) groups is 1. The third-order valence-corrected chi connectivity index (χ3v) is 7.13. The largest absolute Gasteiger partial charge is 0.380 e. The monoisotopic (exact) mass is 510 g/mol. The zero-order valence-corrected chi connectivity index (χ0v) is 22.4. The highest BCUT2D eigenvalue weighted by atomic mass is 32.2. The van der Waals surface area contributed by atoms with Crippen molar-refractivity contribution in [3.63, 3.8) is 0 Å². The third kappa shape index (κ3) is 8.71. The number of hydrogen-bond donors (Lipinski definition) is 3. The van der Waals surface area contributed by atoms with E-state index in [1.807, 2.05) is 24.9 Å². The van der Waals surface area contributed by atoms with Crippen molar-refractivity contribution in [2.75, 3.05) is 26.7 Å². The summed E-state index contributed by atoms with van der Waals surface area (Å²) in [5, 5.41) is 14.7. The number of rotatable bonds is 10. The molecule has 1 aliphatic heterocycles. The number of carbonyl (C=O) groups is 2.